The fraction of sp³-hybridized carbons (Fsp3) is 0.524. The molecule has 2 unspecified atom stereocenters. The van der Waals surface area contributed by atoms with Gasteiger partial charge >= 0.3 is 6.18 Å². The molecule has 0 saturated carbocycles. The van der Waals surface area contributed by atoms with Gasteiger partial charge in [0.25, 0.3) is 0 Å². The van der Waals surface area contributed by atoms with Gasteiger partial charge in [0.05, 0.1) is 24.9 Å². The van der Waals surface area contributed by atoms with Gasteiger partial charge in [-0.05, 0) is 24.0 Å². The third-order valence-corrected chi connectivity index (χ3v) is 5.32. The molecule has 2 heterocycles. The van der Waals surface area contributed by atoms with Gasteiger partial charge in [-0.15, -0.1) is 24.0 Å². The predicted octanol–water partition coefficient (Wildman–Crippen LogP) is 4.20. The Morgan fingerprint density at radius 2 is 2.16 bits per heavy atom. The standard InChI is InChI=1S/C21H28F3N5O.HI/c1-15(16-5-4-6-18(11-16)21(22,23)24)7-8-26-20(25-2)29-9-10-30-19(14-29)17-12-27-28(3)13-17;/h4-6,11-13,15,19H,7-10,14H2,1-3H3,(H,25,26);1H. The summed E-state index contributed by atoms with van der Waals surface area (Å²) in [5.74, 6) is 0.758. The quantitative estimate of drug-likeness (QED) is 0.344. The molecule has 1 aromatic carbocycles. The lowest BCUT2D eigenvalue weighted by molar-refractivity contribution is -0.137. The van der Waals surface area contributed by atoms with E-state index in [0.717, 1.165) is 24.1 Å². The van der Waals surface area contributed by atoms with Crippen LogP contribution in [0.4, 0.5) is 13.2 Å². The van der Waals surface area contributed by atoms with E-state index in [4.69, 9.17) is 4.74 Å². The third-order valence-electron chi connectivity index (χ3n) is 5.32. The highest BCUT2D eigenvalue weighted by Gasteiger charge is 2.30. The first-order chi connectivity index (χ1) is 14.3. The van der Waals surface area contributed by atoms with E-state index in [1.165, 1.54) is 12.1 Å². The van der Waals surface area contributed by atoms with Crippen LogP contribution < -0.4 is 5.32 Å². The smallest absolute Gasteiger partial charge is 0.370 e. The summed E-state index contributed by atoms with van der Waals surface area (Å²) in [6.07, 6.45) is 0.0471. The lowest BCUT2D eigenvalue weighted by Gasteiger charge is -2.34. The van der Waals surface area contributed by atoms with Crippen molar-refractivity contribution in [2.75, 3.05) is 33.3 Å². The monoisotopic (exact) mass is 551 g/mol. The number of aryl methyl sites for hydroxylation is 1. The van der Waals surface area contributed by atoms with E-state index in [1.807, 2.05) is 20.2 Å². The lowest BCUT2D eigenvalue weighted by Crippen LogP contribution is -2.48. The van der Waals surface area contributed by atoms with Gasteiger partial charge in [0, 0.05) is 38.9 Å². The Kier molecular flexibility index (Phi) is 9.16. The second-order valence-corrected chi connectivity index (χ2v) is 7.54. The second kappa shape index (κ2) is 11.2. The Balaban J connectivity index is 0.00000341. The normalized spacial score (nSPS) is 18.5. The zero-order valence-electron chi connectivity index (χ0n) is 17.9. The molecule has 1 aliphatic rings. The highest BCUT2D eigenvalue weighted by molar-refractivity contribution is 14.0. The minimum Gasteiger partial charge on any atom is -0.370 e. The minimum atomic E-state index is -4.32. The van der Waals surface area contributed by atoms with Crippen molar-refractivity contribution in [3.8, 4) is 0 Å². The van der Waals surface area contributed by atoms with E-state index >= 15 is 0 Å². The molecule has 31 heavy (non-hydrogen) atoms. The molecule has 0 radical (unpaired) electrons. The molecule has 6 nitrogen and oxygen atoms in total. The molecule has 10 heteroatoms. The summed E-state index contributed by atoms with van der Waals surface area (Å²) >= 11 is 0. The van der Waals surface area contributed by atoms with Crippen molar-refractivity contribution < 1.29 is 17.9 Å². The van der Waals surface area contributed by atoms with Gasteiger partial charge in [-0.3, -0.25) is 9.67 Å². The molecule has 2 atom stereocenters. The summed E-state index contributed by atoms with van der Waals surface area (Å²) in [6.45, 7) is 4.52. The van der Waals surface area contributed by atoms with Crippen LogP contribution in [0.25, 0.3) is 0 Å². The largest absolute Gasteiger partial charge is 0.416 e. The number of hydrogen-bond acceptors (Lipinski definition) is 3. The average molecular weight is 551 g/mol. The first-order valence-electron chi connectivity index (χ1n) is 10.0. The minimum absolute atomic E-state index is 0. The summed E-state index contributed by atoms with van der Waals surface area (Å²) in [6, 6.07) is 5.55. The number of alkyl halides is 3. The van der Waals surface area contributed by atoms with Crippen LogP contribution in [0.15, 0.2) is 41.7 Å². The maximum absolute atomic E-state index is 12.9. The van der Waals surface area contributed by atoms with Crippen LogP contribution in [-0.2, 0) is 18.0 Å². The van der Waals surface area contributed by atoms with Crippen LogP contribution in [0, 0.1) is 0 Å². The summed E-state index contributed by atoms with van der Waals surface area (Å²) in [5, 5.41) is 7.54. The SMILES string of the molecule is CN=C(NCCC(C)c1cccc(C(F)(F)F)c1)N1CCOC(c2cnn(C)c2)C1.I. The first kappa shape index (κ1) is 25.4. The van der Waals surface area contributed by atoms with Crippen molar-refractivity contribution in [3.63, 3.8) is 0 Å². The van der Waals surface area contributed by atoms with Crippen molar-refractivity contribution >= 4 is 29.9 Å². The summed E-state index contributed by atoms with van der Waals surface area (Å²) < 4.78 is 46.5. The molecule has 1 fully saturated rings. The molecule has 172 valence electrons. The Morgan fingerprint density at radius 3 is 2.81 bits per heavy atom. The fourth-order valence-electron chi connectivity index (χ4n) is 3.57. The van der Waals surface area contributed by atoms with Crippen LogP contribution in [0.1, 0.15) is 42.1 Å². The van der Waals surface area contributed by atoms with Crippen molar-refractivity contribution in [2.24, 2.45) is 12.0 Å². The number of aliphatic imine (C=N–C) groups is 1. The molecule has 1 aromatic heterocycles. The maximum Gasteiger partial charge on any atom is 0.416 e. The zero-order valence-corrected chi connectivity index (χ0v) is 20.2. The number of nitrogens with zero attached hydrogens (tertiary/aromatic N) is 4. The Labute approximate surface area is 197 Å². The van der Waals surface area contributed by atoms with Gasteiger partial charge in [0.15, 0.2) is 5.96 Å². The molecule has 0 bridgehead atoms. The third kappa shape index (κ3) is 6.83. The molecule has 1 N–H and O–H groups in total. The van der Waals surface area contributed by atoms with Gasteiger partial charge in [0.2, 0.25) is 0 Å². The van der Waals surface area contributed by atoms with Gasteiger partial charge < -0.3 is 15.0 Å². The Hall–Kier alpha value is -1.82. The van der Waals surface area contributed by atoms with E-state index in [1.54, 1.807) is 24.0 Å². The van der Waals surface area contributed by atoms with Crippen molar-refractivity contribution in [1.29, 1.82) is 0 Å². The maximum atomic E-state index is 12.9. The van der Waals surface area contributed by atoms with Crippen molar-refractivity contribution in [2.45, 2.75) is 31.5 Å². The van der Waals surface area contributed by atoms with Gasteiger partial charge in [-0.25, -0.2) is 0 Å². The molecule has 3 rings (SSSR count). The molecule has 0 aliphatic carbocycles. The molecular formula is C21H29F3IN5O. The highest BCUT2D eigenvalue weighted by atomic mass is 127. The Bertz CT molecular complexity index is 871. The van der Waals surface area contributed by atoms with Crippen LogP contribution in [-0.4, -0.2) is 53.9 Å². The van der Waals surface area contributed by atoms with E-state index in [-0.39, 0.29) is 36.0 Å². The summed E-state index contributed by atoms with van der Waals surface area (Å²) in [4.78, 5) is 6.50. The summed E-state index contributed by atoms with van der Waals surface area (Å²) in [7, 11) is 3.60. The van der Waals surface area contributed by atoms with Gasteiger partial charge in [0.1, 0.15) is 6.10 Å². The summed E-state index contributed by atoms with van der Waals surface area (Å²) in [5.41, 5.74) is 1.10. The number of hydrogen-bond donors (Lipinski definition) is 1. The molecule has 2 aromatic rings. The van der Waals surface area contributed by atoms with E-state index < -0.39 is 11.7 Å². The van der Waals surface area contributed by atoms with Gasteiger partial charge in [-0.2, -0.15) is 18.3 Å². The highest BCUT2D eigenvalue weighted by Crippen LogP contribution is 2.31. The topological polar surface area (TPSA) is 54.7 Å². The number of benzene rings is 1. The number of aromatic nitrogens is 2. The van der Waals surface area contributed by atoms with E-state index in [9.17, 15) is 13.2 Å². The van der Waals surface area contributed by atoms with Crippen molar-refractivity contribution in [1.82, 2.24) is 20.0 Å². The van der Waals surface area contributed by atoms with Crippen LogP contribution in [0.5, 0.6) is 0 Å². The lowest BCUT2D eigenvalue weighted by atomic mass is 9.96. The number of nitrogens with one attached hydrogen (secondary N) is 1. The van der Waals surface area contributed by atoms with Crippen molar-refractivity contribution in [3.05, 3.63) is 53.3 Å². The fourth-order valence-corrected chi connectivity index (χ4v) is 3.57. The molecule has 1 aliphatic heterocycles. The number of ether oxygens (including phenoxy) is 1. The van der Waals surface area contributed by atoms with E-state index in [0.29, 0.717) is 31.7 Å². The number of rotatable bonds is 5. The van der Waals surface area contributed by atoms with Crippen LogP contribution in [0.2, 0.25) is 0 Å². The number of halogens is 4. The Morgan fingerprint density at radius 1 is 1.39 bits per heavy atom. The van der Waals surface area contributed by atoms with Crippen LogP contribution in [0.3, 0.4) is 0 Å². The molecular weight excluding hydrogens is 522 g/mol. The second-order valence-electron chi connectivity index (χ2n) is 7.54. The van der Waals surface area contributed by atoms with Crippen LogP contribution >= 0.6 is 24.0 Å². The number of morpholine rings is 1. The predicted molar refractivity (Wildman–Crippen MR) is 125 cm³/mol. The first-order valence-corrected chi connectivity index (χ1v) is 10.0. The van der Waals surface area contributed by atoms with E-state index in [2.05, 4.69) is 20.3 Å². The molecule has 1 saturated heterocycles. The zero-order chi connectivity index (χ0) is 21.7. The number of guanidine groups is 1. The molecule has 0 spiro atoms. The molecule has 0 amide bonds. The van der Waals surface area contributed by atoms with Gasteiger partial charge in [-0.1, -0.05) is 25.1 Å². The average Bonchev–Trinajstić information content (AvgIpc) is 3.17.